The molecule has 1 rings (SSSR count). The van der Waals surface area contributed by atoms with Crippen LogP contribution in [0.5, 0.6) is 0 Å². The molecule has 0 aliphatic heterocycles. The summed E-state index contributed by atoms with van der Waals surface area (Å²) in [5.41, 5.74) is 0.629. The first-order chi connectivity index (χ1) is 4.36. The van der Waals surface area contributed by atoms with Crippen molar-refractivity contribution in [2.24, 2.45) is 0 Å². The van der Waals surface area contributed by atoms with Gasteiger partial charge in [0.25, 0.3) is 0 Å². The van der Waals surface area contributed by atoms with Gasteiger partial charge in [0.15, 0.2) is 0 Å². The highest BCUT2D eigenvalue weighted by molar-refractivity contribution is 7.05. The van der Waals surface area contributed by atoms with Gasteiger partial charge >= 0.3 is 0 Å². The Kier molecular flexibility index (Phi) is 2.16. The number of aromatic nitrogens is 1. The van der Waals surface area contributed by atoms with E-state index in [-0.39, 0.29) is 13.2 Å². The molecule has 0 aliphatic carbocycles. The lowest BCUT2D eigenvalue weighted by Gasteiger charge is -1.80. The molecule has 1 aromatic rings. The van der Waals surface area contributed by atoms with Gasteiger partial charge in [0, 0.05) is 0 Å². The van der Waals surface area contributed by atoms with Gasteiger partial charge in [-0.3, -0.25) is 0 Å². The molecule has 0 saturated carbocycles. The average molecular weight is 145 g/mol. The summed E-state index contributed by atoms with van der Waals surface area (Å²) < 4.78 is 3.84. The molecule has 3 nitrogen and oxygen atoms in total. The maximum Gasteiger partial charge on any atom is 0.0863 e. The van der Waals surface area contributed by atoms with E-state index in [9.17, 15) is 0 Å². The predicted molar refractivity (Wildman–Crippen MR) is 34.0 cm³/mol. The molecule has 9 heavy (non-hydrogen) atoms. The number of nitrogens with zero attached hydrogens (tertiary/aromatic N) is 1. The minimum absolute atomic E-state index is 0.0116. The van der Waals surface area contributed by atoms with Crippen LogP contribution in [0.3, 0.4) is 0 Å². The van der Waals surface area contributed by atoms with Crippen molar-refractivity contribution in [1.82, 2.24) is 4.37 Å². The SMILES string of the molecule is OCc1cc(CO)sn1. The highest BCUT2D eigenvalue weighted by Crippen LogP contribution is 2.08. The Labute approximate surface area is 56.8 Å². The molecule has 0 saturated heterocycles. The molecular weight excluding hydrogens is 138 g/mol. The van der Waals surface area contributed by atoms with Crippen molar-refractivity contribution < 1.29 is 10.2 Å². The minimum atomic E-state index is -0.0451. The molecule has 50 valence electrons. The average Bonchev–Trinajstić information content (AvgIpc) is 2.34. The molecule has 0 radical (unpaired) electrons. The summed E-state index contributed by atoms with van der Waals surface area (Å²) in [5, 5.41) is 17.0. The summed E-state index contributed by atoms with van der Waals surface area (Å²) in [6, 6.07) is 1.69. The molecule has 0 aromatic carbocycles. The van der Waals surface area contributed by atoms with Crippen LogP contribution in [0, 0.1) is 0 Å². The molecule has 2 N–H and O–H groups in total. The van der Waals surface area contributed by atoms with E-state index in [1.807, 2.05) is 0 Å². The lowest BCUT2D eigenvalue weighted by atomic mass is 10.4. The smallest absolute Gasteiger partial charge is 0.0863 e. The van der Waals surface area contributed by atoms with Crippen LogP contribution < -0.4 is 0 Å². The number of aliphatic hydroxyl groups is 2. The molecule has 0 unspecified atom stereocenters. The summed E-state index contributed by atoms with van der Waals surface area (Å²) in [6.45, 7) is -0.0336. The van der Waals surface area contributed by atoms with Crippen molar-refractivity contribution in [2.75, 3.05) is 0 Å². The van der Waals surface area contributed by atoms with Crippen LogP contribution in [0.2, 0.25) is 0 Å². The third-order valence-corrected chi connectivity index (χ3v) is 1.73. The van der Waals surface area contributed by atoms with Gasteiger partial charge in [-0.25, -0.2) is 0 Å². The zero-order valence-electron chi connectivity index (χ0n) is 4.74. The second-order valence-electron chi connectivity index (χ2n) is 1.60. The van der Waals surface area contributed by atoms with E-state index in [0.29, 0.717) is 5.69 Å². The summed E-state index contributed by atoms with van der Waals surface area (Å²) in [4.78, 5) is 0.791. The van der Waals surface area contributed by atoms with E-state index in [4.69, 9.17) is 10.2 Å². The van der Waals surface area contributed by atoms with Crippen LogP contribution >= 0.6 is 11.5 Å². The first kappa shape index (κ1) is 6.67. The van der Waals surface area contributed by atoms with Crippen molar-refractivity contribution >= 4 is 11.5 Å². The van der Waals surface area contributed by atoms with E-state index in [0.717, 1.165) is 4.88 Å². The molecule has 4 heteroatoms. The van der Waals surface area contributed by atoms with Gasteiger partial charge in [0.1, 0.15) is 0 Å². The highest BCUT2D eigenvalue weighted by Gasteiger charge is 1.96. The highest BCUT2D eigenvalue weighted by atomic mass is 32.1. The molecule has 0 atom stereocenters. The molecule has 1 heterocycles. The van der Waals surface area contributed by atoms with Gasteiger partial charge in [-0.1, -0.05) is 0 Å². The van der Waals surface area contributed by atoms with Crippen LogP contribution in [0.1, 0.15) is 10.6 Å². The molecular formula is C5H7NO2S. The van der Waals surface area contributed by atoms with Crippen molar-refractivity contribution in [1.29, 1.82) is 0 Å². The Morgan fingerprint density at radius 2 is 2.22 bits per heavy atom. The molecule has 0 fully saturated rings. The van der Waals surface area contributed by atoms with Gasteiger partial charge in [-0.15, -0.1) is 0 Å². The quantitative estimate of drug-likeness (QED) is 0.621. The topological polar surface area (TPSA) is 53.4 Å². The van der Waals surface area contributed by atoms with Gasteiger partial charge < -0.3 is 10.2 Å². The largest absolute Gasteiger partial charge is 0.391 e. The summed E-state index contributed by atoms with van der Waals surface area (Å²) in [6.07, 6.45) is 0. The van der Waals surface area contributed by atoms with Crippen LogP contribution in [0.25, 0.3) is 0 Å². The number of rotatable bonds is 2. The van der Waals surface area contributed by atoms with Gasteiger partial charge in [-0.2, -0.15) is 4.37 Å². The number of hydrogen-bond acceptors (Lipinski definition) is 4. The number of aliphatic hydroxyl groups excluding tert-OH is 2. The normalized spacial score (nSPS) is 10.0. The van der Waals surface area contributed by atoms with Crippen LogP contribution in [0.15, 0.2) is 6.07 Å². The van der Waals surface area contributed by atoms with Gasteiger partial charge in [0.2, 0.25) is 0 Å². The van der Waals surface area contributed by atoms with E-state index < -0.39 is 0 Å². The van der Waals surface area contributed by atoms with Crippen LogP contribution in [-0.2, 0) is 13.2 Å². The Hall–Kier alpha value is -0.450. The first-order valence-electron chi connectivity index (χ1n) is 2.53. The summed E-state index contributed by atoms with van der Waals surface area (Å²) in [7, 11) is 0. The second kappa shape index (κ2) is 2.91. The van der Waals surface area contributed by atoms with Crippen LogP contribution in [0.4, 0.5) is 0 Å². The Bertz CT molecular complexity index is 168. The Morgan fingerprint density at radius 3 is 2.56 bits per heavy atom. The maximum atomic E-state index is 8.54. The van der Waals surface area contributed by atoms with Gasteiger partial charge in [0.05, 0.1) is 23.8 Å². The van der Waals surface area contributed by atoms with E-state index >= 15 is 0 Å². The maximum absolute atomic E-state index is 8.54. The Balaban J connectivity index is 2.74. The molecule has 0 bridgehead atoms. The zero-order valence-corrected chi connectivity index (χ0v) is 5.56. The monoisotopic (exact) mass is 145 g/mol. The Morgan fingerprint density at radius 1 is 1.44 bits per heavy atom. The molecule has 1 aromatic heterocycles. The zero-order chi connectivity index (χ0) is 6.69. The fraction of sp³-hybridized carbons (Fsp3) is 0.400. The van der Waals surface area contributed by atoms with Crippen LogP contribution in [-0.4, -0.2) is 14.6 Å². The summed E-state index contributed by atoms with van der Waals surface area (Å²) in [5.74, 6) is 0. The third kappa shape index (κ3) is 1.48. The molecule has 0 amide bonds. The van der Waals surface area contributed by atoms with Crippen molar-refractivity contribution in [3.63, 3.8) is 0 Å². The van der Waals surface area contributed by atoms with Crippen molar-refractivity contribution in [3.05, 3.63) is 16.6 Å². The minimum Gasteiger partial charge on any atom is -0.391 e. The fourth-order valence-electron chi connectivity index (χ4n) is 0.505. The fourth-order valence-corrected chi connectivity index (χ4v) is 1.10. The standard InChI is InChI=1S/C5H7NO2S/c7-2-4-1-5(3-8)9-6-4/h1,7-8H,2-3H2. The first-order valence-corrected chi connectivity index (χ1v) is 3.30. The lowest BCUT2D eigenvalue weighted by Crippen LogP contribution is -1.78. The second-order valence-corrected chi connectivity index (χ2v) is 2.49. The van der Waals surface area contributed by atoms with E-state index in [1.54, 1.807) is 6.07 Å². The predicted octanol–water partition coefficient (Wildman–Crippen LogP) is 0.128. The van der Waals surface area contributed by atoms with E-state index in [2.05, 4.69) is 4.37 Å². The van der Waals surface area contributed by atoms with Crippen molar-refractivity contribution in [2.45, 2.75) is 13.2 Å². The van der Waals surface area contributed by atoms with Crippen molar-refractivity contribution in [3.8, 4) is 0 Å². The third-order valence-electron chi connectivity index (χ3n) is 0.926. The molecule has 0 spiro atoms. The van der Waals surface area contributed by atoms with Gasteiger partial charge in [-0.05, 0) is 17.6 Å². The van der Waals surface area contributed by atoms with E-state index in [1.165, 1.54) is 11.5 Å². The lowest BCUT2D eigenvalue weighted by molar-refractivity contribution is 0.276. The number of hydrogen-bond donors (Lipinski definition) is 2. The molecule has 0 aliphatic rings. The summed E-state index contributed by atoms with van der Waals surface area (Å²) >= 11 is 1.21.